The predicted molar refractivity (Wildman–Crippen MR) is 56.7 cm³/mol. The molecule has 0 aliphatic heterocycles. The molecule has 2 aromatic rings. The fraction of sp³-hybridized carbons (Fsp3) is 0.0909. The molecule has 0 bridgehead atoms. The number of nitrogens with zero attached hydrogens (tertiary/aromatic N) is 2. The summed E-state index contributed by atoms with van der Waals surface area (Å²) in [4.78, 5) is 11.6. The topological polar surface area (TPSA) is 51.0 Å². The van der Waals surface area contributed by atoms with Crippen LogP contribution in [0.2, 0.25) is 0 Å². The van der Waals surface area contributed by atoms with E-state index in [1.807, 2.05) is 18.2 Å². The maximum absolute atomic E-state index is 11.6. The summed E-state index contributed by atoms with van der Waals surface area (Å²) < 4.78 is 1.40. The fourth-order valence-electron chi connectivity index (χ4n) is 1.50. The van der Waals surface area contributed by atoms with Gasteiger partial charge in [-0.25, -0.2) is 0 Å². The van der Waals surface area contributed by atoms with E-state index in [0.29, 0.717) is 20.5 Å². The lowest BCUT2D eigenvalue weighted by atomic mass is 10.1. The molecule has 0 N–H and O–H groups in total. The summed E-state index contributed by atoms with van der Waals surface area (Å²) in [5.74, 6) is 0. The minimum Gasteiger partial charge on any atom is -0.805 e. The van der Waals surface area contributed by atoms with Crippen molar-refractivity contribution in [3.05, 3.63) is 58.5 Å². The first kappa shape index (κ1) is 9.45. The van der Waals surface area contributed by atoms with Gasteiger partial charge in [-0.3, -0.25) is 0 Å². The zero-order valence-electron chi connectivity index (χ0n) is 8.25. The highest BCUT2D eigenvalue weighted by Crippen LogP contribution is 2.17. The molecular weight excluding hydrogens is 192 g/mol. The van der Waals surface area contributed by atoms with Gasteiger partial charge in [0.1, 0.15) is 0 Å². The first-order valence-corrected chi connectivity index (χ1v) is 4.57. The minimum absolute atomic E-state index is 0.396. The largest absolute Gasteiger partial charge is 0.805 e. The van der Waals surface area contributed by atoms with E-state index in [9.17, 15) is 10.1 Å². The van der Waals surface area contributed by atoms with Crippen molar-refractivity contribution in [1.29, 1.82) is 0 Å². The van der Waals surface area contributed by atoms with Gasteiger partial charge in [-0.05, 0) is 19.1 Å². The van der Waals surface area contributed by atoms with Gasteiger partial charge in [0.15, 0.2) is 0 Å². The van der Waals surface area contributed by atoms with Gasteiger partial charge in [0.05, 0.1) is 21.9 Å². The molecule has 0 saturated heterocycles. The van der Waals surface area contributed by atoms with Gasteiger partial charge in [-0.2, -0.15) is 0 Å². The molecule has 76 valence electrons. The SMILES string of the molecule is Cc1c(-c2ccccc2)[n+](=O)ccn1[O-]. The standard InChI is InChI=1S/C11H10N2O2/c1-9-11(10-5-3-2-4-6-10)13(15)8-7-12(9)14/h2-8H,1H3. The van der Waals surface area contributed by atoms with Crippen LogP contribution in [0.15, 0.2) is 42.7 Å². The van der Waals surface area contributed by atoms with Crippen LogP contribution in [0.4, 0.5) is 0 Å². The van der Waals surface area contributed by atoms with Gasteiger partial charge >= 0.3 is 0 Å². The van der Waals surface area contributed by atoms with Crippen molar-refractivity contribution >= 4 is 0 Å². The number of hydrogen-bond acceptors (Lipinski definition) is 2. The Hall–Kier alpha value is -2.10. The normalized spacial score (nSPS) is 10.2. The zero-order chi connectivity index (χ0) is 10.8. The van der Waals surface area contributed by atoms with Crippen molar-refractivity contribution < 1.29 is 4.43 Å². The quantitative estimate of drug-likeness (QED) is 0.661. The summed E-state index contributed by atoms with van der Waals surface area (Å²) in [6.45, 7) is 1.63. The zero-order valence-corrected chi connectivity index (χ0v) is 8.25. The van der Waals surface area contributed by atoms with Crippen molar-refractivity contribution in [2.24, 2.45) is 0 Å². The molecule has 0 saturated carbocycles. The third-order valence-electron chi connectivity index (χ3n) is 2.28. The van der Waals surface area contributed by atoms with Crippen LogP contribution >= 0.6 is 0 Å². The summed E-state index contributed by atoms with van der Waals surface area (Å²) >= 11 is 0. The van der Waals surface area contributed by atoms with Crippen LogP contribution in [-0.4, -0.2) is 4.73 Å². The Bertz CT molecular complexity index is 532. The maximum Gasteiger partial charge on any atom is 0.288 e. The van der Waals surface area contributed by atoms with E-state index in [-0.39, 0.29) is 0 Å². The second kappa shape index (κ2) is 3.57. The molecule has 2 rings (SSSR count). The Morgan fingerprint density at radius 3 is 2.60 bits per heavy atom. The lowest BCUT2D eigenvalue weighted by Gasteiger charge is -2.12. The third-order valence-corrected chi connectivity index (χ3v) is 2.28. The minimum atomic E-state index is 0.396. The summed E-state index contributed by atoms with van der Waals surface area (Å²) in [6.07, 6.45) is 2.41. The average molecular weight is 202 g/mol. The van der Waals surface area contributed by atoms with Crippen LogP contribution < -0.4 is 4.43 Å². The van der Waals surface area contributed by atoms with E-state index in [2.05, 4.69) is 0 Å². The van der Waals surface area contributed by atoms with E-state index in [1.165, 1.54) is 12.4 Å². The molecule has 0 radical (unpaired) electrons. The highest BCUT2D eigenvalue weighted by molar-refractivity contribution is 5.58. The fourth-order valence-corrected chi connectivity index (χ4v) is 1.50. The van der Waals surface area contributed by atoms with Gasteiger partial charge in [0.25, 0.3) is 5.69 Å². The molecule has 0 atom stereocenters. The molecule has 1 aromatic heterocycles. The first-order chi connectivity index (χ1) is 7.20. The Morgan fingerprint density at radius 2 is 1.93 bits per heavy atom. The third kappa shape index (κ3) is 1.61. The van der Waals surface area contributed by atoms with Crippen molar-refractivity contribution in [2.75, 3.05) is 0 Å². The van der Waals surface area contributed by atoms with E-state index in [4.69, 9.17) is 0 Å². The highest BCUT2D eigenvalue weighted by Gasteiger charge is 2.14. The summed E-state index contributed by atoms with van der Waals surface area (Å²) in [5, 5.41) is 11.3. The van der Waals surface area contributed by atoms with E-state index in [1.54, 1.807) is 19.1 Å². The van der Waals surface area contributed by atoms with E-state index in [0.717, 1.165) is 5.56 Å². The molecule has 0 aliphatic rings. The number of hydrogen-bond donors (Lipinski definition) is 0. The van der Waals surface area contributed by atoms with Gasteiger partial charge in [-0.15, -0.1) is 0 Å². The lowest BCUT2D eigenvalue weighted by molar-refractivity contribution is -0.483. The molecule has 0 aliphatic carbocycles. The van der Waals surface area contributed by atoms with Crippen molar-refractivity contribution in [2.45, 2.75) is 6.92 Å². The number of aromatic nitrogens is 2. The molecule has 0 amide bonds. The molecular formula is C11H10N2O2. The van der Waals surface area contributed by atoms with Crippen molar-refractivity contribution in [3.63, 3.8) is 0 Å². The Labute approximate surface area is 86.6 Å². The van der Waals surface area contributed by atoms with E-state index < -0.39 is 0 Å². The average Bonchev–Trinajstić information content (AvgIpc) is 2.26. The highest BCUT2D eigenvalue weighted by atomic mass is 16.5. The molecule has 1 heterocycles. The molecule has 4 nitrogen and oxygen atoms in total. The van der Waals surface area contributed by atoms with Crippen LogP contribution in [0.5, 0.6) is 0 Å². The molecule has 15 heavy (non-hydrogen) atoms. The number of benzene rings is 1. The van der Waals surface area contributed by atoms with Crippen LogP contribution in [0, 0.1) is 17.0 Å². The summed E-state index contributed by atoms with van der Waals surface area (Å²) in [6, 6.07) is 9.13. The van der Waals surface area contributed by atoms with Gasteiger partial charge in [-0.1, -0.05) is 18.2 Å². The van der Waals surface area contributed by atoms with Crippen molar-refractivity contribution in [3.8, 4) is 11.3 Å². The predicted octanol–water partition coefficient (Wildman–Crippen LogP) is 1.72. The Morgan fingerprint density at radius 1 is 1.27 bits per heavy atom. The van der Waals surface area contributed by atoms with Gasteiger partial charge in [0, 0.05) is 4.91 Å². The van der Waals surface area contributed by atoms with Gasteiger partial charge in [0.2, 0.25) is 6.20 Å². The monoisotopic (exact) mass is 202 g/mol. The second-order valence-corrected chi connectivity index (χ2v) is 3.25. The Kier molecular flexibility index (Phi) is 2.25. The molecule has 1 aromatic carbocycles. The van der Waals surface area contributed by atoms with Crippen LogP contribution in [-0.2, 0) is 0 Å². The van der Waals surface area contributed by atoms with E-state index >= 15 is 0 Å². The lowest BCUT2D eigenvalue weighted by Crippen LogP contribution is -2.21. The molecule has 0 unspecified atom stereocenters. The van der Waals surface area contributed by atoms with Crippen molar-refractivity contribution in [1.82, 2.24) is 4.73 Å². The van der Waals surface area contributed by atoms with Crippen LogP contribution in [0.25, 0.3) is 11.3 Å². The molecule has 4 heteroatoms. The molecule has 0 fully saturated rings. The Balaban J connectivity index is 2.73. The number of rotatable bonds is 1. The summed E-state index contributed by atoms with van der Waals surface area (Å²) in [5.41, 5.74) is 1.54. The van der Waals surface area contributed by atoms with Crippen LogP contribution in [0.1, 0.15) is 5.69 Å². The first-order valence-electron chi connectivity index (χ1n) is 4.57. The second-order valence-electron chi connectivity index (χ2n) is 3.25. The molecule has 0 spiro atoms. The smallest absolute Gasteiger partial charge is 0.288 e. The van der Waals surface area contributed by atoms with Crippen LogP contribution in [0.3, 0.4) is 0 Å². The van der Waals surface area contributed by atoms with Gasteiger partial charge < -0.3 is 9.94 Å². The maximum atomic E-state index is 11.6. The summed E-state index contributed by atoms with van der Waals surface area (Å²) in [7, 11) is 0.